The first-order chi connectivity index (χ1) is 14.1. The molecule has 1 unspecified atom stereocenters. The van der Waals surface area contributed by atoms with E-state index in [4.69, 9.17) is 9.72 Å². The van der Waals surface area contributed by atoms with Crippen LogP contribution in [0.15, 0.2) is 24.3 Å². The van der Waals surface area contributed by atoms with Gasteiger partial charge in [0.25, 0.3) is 5.91 Å². The van der Waals surface area contributed by atoms with Gasteiger partial charge in [0.1, 0.15) is 0 Å². The lowest BCUT2D eigenvalue weighted by atomic mass is 9.72. The second-order valence-electron chi connectivity index (χ2n) is 8.76. The third-order valence-electron chi connectivity index (χ3n) is 6.41. The van der Waals surface area contributed by atoms with Crippen LogP contribution in [-0.4, -0.2) is 41.5 Å². The summed E-state index contributed by atoms with van der Waals surface area (Å²) < 4.78 is 6.78. The van der Waals surface area contributed by atoms with Crippen LogP contribution in [0.5, 0.6) is 0 Å². The Kier molecular flexibility index (Phi) is 6.18. The zero-order valence-electron chi connectivity index (χ0n) is 17.2. The molecular weight excluding hydrogens is 384 g/mol. The average Bonchev–Trinajstić information content (AvgIpc) is 3.14. The number of likely N-dealkylation sites (tertiary alicyclic amines) is 1. The number of hydrogen-bond acceptors (Lipinski definition) is 5. The average molecular weight is 415 g/mol. The van der Waals surface area contributed by atoms with Crippen molar-refractivity contribution >= 4 is 33.4 Å². The zero-order valence-corrected chi connectivity index (χ0v) is 18.0. The van der Waals surface area contributed by atoms with E-state index < -0.39 is 5.41 Å². The van der Waals surface area contributed by atoms with Gasteiger partial charge in [-0.05, 0) is 43.7 Å². The van der Waals surface area contributed by atoms with Gasteiger partial charge in [-0.3, -0.25) is 9.59 Å². The SMILES string of the molecule is CC1CCCN(C(=O)COC(=O)C2(Cc3nc4ccccc4s3)CCCCC2)C1. The molecule has 0 N–H and O–H groups in total. The van der Waals surface area contributed by atoms with Crippen LogP contribution in [-0.2, 0) is 20.7 Å². The Balaban J connectivity index is 1.44. The van der Waals surface area contributed by atoms with Gasteiger partial charge in [0.15, 0.2) is 6.61 Å². The maximum Gasteiger partial charge on any atom is 0.313 e. The van der Waals surface area contributed by atoms with E-state index in [0.29, 0.717) is 12.3 Å². The number of benzene rings is 1. The van der Waals surface area contributed by atoms with Gasteiger partial charge < -0.3 is 9.64 Å². The Labute approximate surface area is 176 Å². The van der Waals surface area contributed by atoms with Crippen LogP contribution in [0.2, 0.25) is 0 Å². The minimum Gasteiger partial charge on any atom is -0.455 e. The minimum absolute atomic E-state index is 0.0594. The molecule has 1 atom stereocenters. The van der Waals surface area contributed by atoms with Gasteiger partial charge in [-0.25, -0.2) is 4.98 Å². The zero-order chi connectivity index (χ0) is 20.3. The standard InChI is InChI=1S/C23H30N2O3S/c1-17-8-7-13-25(15-17)21(26)16-28-22(27)23(11-5-2-6-12-23)14-20-24-18-9-3-4-10-19(18)29-20/h3-4,9-10,17H,2,5-8,11-16H2,1H3. The Morgan fingerprint density at radius 3 is 2.76 bits per heavy atom. The molecule has 2 aromatic rings. The molecule has 156 valence electrons. The van der Waals surface area contributed by atoms with Crippen molar-refractivity contribution in [2.75, 3.05) is 19.7 Å². The summed E-state index contributed by atoms with van der Waals surface area (Å²) in [6.45, 7) is 3.58. The highest BCUT2D eigenvalue weighted by Crippen LogP contribution is 2.41. The monoisotopic (exact) mass is 414 g/mol. The van der Waals surface area contributed by atoms with Gasteiger partial charge in [-0.2, -0.15) is 0 Å². The molecule has 6 heteroatoms. The Morgan fingerprint density at radius 2 is 2.00 bits per heavy atom. The highest BCUT2D eigenvalue weighted by molar-refractivity contribution is 7.18. The lowest BCUT2D eigenvalue weighted by Crippen LogP contribution is -2.43. The lowest BCUT2D eigenvalue weighted by Gasteiger charge is -2.35. The minimum atomic E-state index is -0.540. The summed E-state index contributed by atoms with van der Waals surface area (Å²) in [6.07, 6.45) is 7.64. The van der Waals surface area contributed by atoms with Gasteiger partial charge in [-0.15, -0.1) is 11.3 Å². The largest absolute Gasteiger partial charge is 0.455 e. The predicted octanol–water partition coefficient (Wildman–Crippen LogP) is 4.59. The first kappa shape index (κ1) is 20.3. The van der Waals surface area contributed by atoms with Crippen LogP contribution >= 0.6 is 11.3 Å². The number of carbonyl (C=O) groups excluding carboxylic acids is 2. The summed E-state index contributed by atoms with van der Waals surface area (Å²) in [5.74, 6) is 0.248. The van der Waals surface area contributed by atoms with E-state index >= 15 is 0 Å². The third kappa shape index (κ3) is 4.63. The third-order valence-corrected chi connectivity index (χ3v) is 7.44. The first-order valence-corrected chi connectivity index (χ1v) is 11.7. The molecule has 1 aromatic carbocycles. The van der Waals surface area contributed by atoms with E-state index in [9.17, 15) is 9.59 Å². The molecule has 4 rings (SSSR count). The summed E-state index contributed by atoms with van der Waals surface area (Å²) >= 11 is 1.66. The highest BCUT2D eigenvalue weighted by atomic mass is 32.1. The smallest absolute Gasteiger partial charge is 0.313 e. The summed E-state index contributed by atoms with van der Waals surface area (Å²) in [5, 5.41) is 0.987. The predicted molar refractivity (Wildman–Crippen MR) is 115 cm³/mol. The molecule has 5 nitrogen and oxygen atoms in total. The maximum atomic E-state index is 13.2. The van der Waals surface area contributed by atoms with Gasteiger partial charge in [-0.1, -0.05) is 38.3 Å². The van der Waals surface area contributed by atoms with E-state index in [2.05, 4.69) is 13.0 Å². The molecule has 1 aliphatic heterocycles. The van der Waals surface area contributed by atoms with Crippen molar-refractivity contribution in [3.63, 3.8) is 0 Å². The number of esters is 1. The maximum absolute atomic E-state index is 13.2. The highest BCUT2D eigenvalue weighted by Gasteiger charge is 2.42. The number of thiazole rings is 1. The van der Waals surface area contributed by atoms with Crippen LogP contribution in [0.1, 0.15) is 56.9 Å². The van der Waals surface area contributed by atoms with Crippen molar-refractivity contribution in [3.05, 3.63) is 29.3 Å². The topological polar surface area (TPSA) is 59.5 Å². The van der Waals surface area contributed by atoms with Crippen LogP contribution in [0, 0.1) is 11.3 Å². The van der Waals surface area contributed by atoms with Crippen molar-refractivity contribution in [1.82, 2.24) is 9.88 Å². The summed E-state index contributed by atoms with van der Waals surface area (Å²) in [7, 11) is 0. The second kappa shape index (κ2) is 8.82. The normalized spacial score (nSPS) is 21.8. The number of hydrogen-bond donors (Lipinski definition) is 0. The number of fused-ring (bicyclic) bond motifs is 1. The number of para-hydroxylation sites is 1. The van der Waals surface area contributed by atoms with E-state index in [1.165, 1.54) is 0 Å². The quantitative estimate of drug-likeness (QED) is 0.672. The fourth-order valence-corrected chi connectivity index (χ4v) is 5.87. The molecule has 1 amide bonds. The van der Waals surface area contributed by atoms with Gasteiger partial charge in [0.05, 0.1) is 20.6 Å². The molecule has 1 saturated heterocycles. The molecule has 0 bridgehead atoms. The molecule has 2 heterocycles. The number of nitrogens with zero attached hydrogens (tertiary/aromatic N) is 2. The van der Waals surface area contributed by atoms with Crippen molar-refractivity contribution < 1.29 is 14.3 Å². The summed E-state index contributed by atoms with van der Waals surface area (Å²) in [4.78, 5) is 32.3. The van der Waals surface area contributed by atoms with Crippen LogP contribution < -0.4 is 0 Å². The number of piperidine rings is 1. The van der Waals surface area contributed by atoms with E-state index in [0.717, 1.165) is 73.3 Å². The van der Waals surface area contributed by atoms with E-state index in [1.54, 1.807) is 11.3 Å². The molecule has 1 aromatic heterocycles. The Bertz CT molecular complexity index is 839. The number of aromatic nitrogens is 1. The van der Waals surface area contributed by atoms with Crippen LogP contribution in [0.25, 0.3) is 10.2 Å². The fraction of sp³-hybridized carbons (Fsp3) is 0.609. The van der Waals surface area contributed by atoms with Crippen LogP contribution in [0.3, 0.4) is 0 Å². The fourth-order valence-electron chi connectivity index (χ4n) is 4.75. The first-order valence-electron chi connectivity index (χ1n) is 10.9. The Morgan fingerprint density at radius 1 is 1.21 bits per heavy atom. The van der Waals surface area contributed by atoms with Crippen molar-refractivity contribution in [3.8, 4) is 0 Å². The van der Waals surface area contributed by atoms with Gasteiger partial charge in [0.2, 0.25) is 0 Å². The lowest BCUT2D eigenvalue weighted by molar-refractivity contribution is -0.163. The van der Waals surface area contributed by atoms with Crippen molar-refractivity contribution in [2.24, 2.45) is 11.3 Å². The molecule has 29 heavy (non-hydrogen) atoms. The Hall–Kier alpha value is -1.95. The number of carbonyl (C=O) groups is 2. The molecule has 0 spiro atoms. The molecule has 1 aliphatic carbocycles. The van der Waals surface area contributed by atoms with Gasteiger partial charge >= 0.3 is 5.97 Å². The van der Waals surface area contributed by atoms with Crippen LogP contribution in [0.4, 0.5) is 0 Å². The van der Waals surface area contributed by atoms with Crippen molar-refractivity contribution in [2.45, 2.75) is 58.3 Å². The van der Waals surface area contributed by atoms with E-state index in [1.807, 2.05) is 23.1 Å². The molecule has 0 radical (unpaired) electrons. The summed E-state index contributed by atoms with van der Waals surface area (Å²) in [6, 6.07) is 8.09. The number of amides is 1. The number of rotatable bonds is 5. The molecule has 1 saturated carbocycles. The second-order valence-corrected chi connectivity index (χ2v) is 9.87. The summed E-state index contributed by atoms with van der Waals surface area (Å²) in [5.41, 5.74) is 0.447. The molecule has 2 fully saturated rings. The van der Waals surface area contributed by atoms with E-state index in [-0.39, 0.29) is 18.5 Å². The molecular formula is C23H30N2O3S. The van der Waals surface area contributed by atoms with Crippen molar-refractivity contribution in [1.29, 1.82) is 0 Å². The molecule has 2 aliphatic rings. The number of ether oxygens (including phenoxy) is 1. The van der Waals surface area contributed by atoms with Gasteiger partial charge in [0, 0.05) is 19.5 Å².